The third kappa shape index (κ3) is 9.49. The van der Waals surface area contributed by atoms with Crippen molar-refractivity contribution < 1.29 is 19.4 Å². The monoisotopic (exact) mass is 230 g/mol. The summed E-state index contributed by atoms with van der Waals surface area (Å²) in [5, 5.41) is 8.40. The second kappa shape index (κ2) is 9.19. The van der Waals surface area contributed by atoms with Crippen molar-refractivity contribution in [3.05, 3.63) is 0 Å². The second-order valence-corrected chi connectivity index (χ2v) is 4.18. The molecule has 1 N–H and O–H groups in total. The van der Waals surface area contributed by atoms with Gasteiger partial charge in [0.25, 0.3) is 0 Å². The molecule has 16 heavy (non-hydrogen) atoms. The van der Waals surface area contributed by atoms with Gasteiger partial charge in [-0.25, -0.2) is 0 Å². The van der Waals surface area contributed by atoms with E-state index >= 15 is 0 Å². The molecule has 94 valence electrons. The molecule has 0 aromatic carbocycles. The molecule has 0 fully saturated rings. The van der Waals surface area contributed by atoms with Gasteiger partial charge in [-0.3, -0.25) is 9.59 Å². The third-order valence-electron chi connectivity index (χ3n) is 2.33. The van der Waals surface area contributed by atoms with E-state index < -0.39 is 5.97 Å². The highest BCUT2D eigenvalue weighted by Gasteiger charge is 2.07. The fraction of sp³-hybridized carbons (Fsp3) is 0.833. The van der Waals surface area contributed by atoms with Crippen molar-refractivity contribution in [2.24, 2.45) is 5.92 Å². The summed E-state index contributed by atoms with van der Waals surface area (Å²) in [5.74, 6) is -0.619. The van der Waals surface area contributed by atoms with Crippen molar-refractivity contribution in [2.45, 2.75) is 52.4 Å². The molecule has 0 rings (SSSR count). The summed E-state index contributed by atoms with van der Waals surface area (Å²) >= 11 is 0. The molecule has 0 aliphatic carbocycles. The van der Waals surface area contributed by atoms with E-state index in [2.05, 4.69) is 13.8 Å². The van der Waals surface area contributed by atoms with Gasteiger partial charge in [-0.2, -0.15) is 0 Å². The van der Waals surface area contributed by atoms with Gasteiger partial charge in [0.05, 0.1) is 6.61 Å². The van der Waals surface area contributed by atoms with Crippen LogP contribution in [-0.4, -0.2) is 23.7 Å². The van der Waals surface area contributed by atoms with E-state index in [4.69, 9.17) is 9.84 Å². The van der Waals surface area contributed by atoms with Crippen molar-refractivity contribution in [3.8, 4) is 0 Å². The Morgan fingerprint density at radius 3 is 2.44 bits per heavy atom. The van der Waals surface area contributed by atoms with Gasteiger partial charge < -0.3 is 9.84 Å². The Balaban J connectivity index is 3.41. The number of unbranched alkanes of at least 4 members (excludes halogenated alkanes) is 1. The Morgan fingerprint density at radius 1 is 1.25 bits per heavy atom. The minimum atomic E-state index is -0.815. The van der Waals surface area contributed by atoms with Gasteiger partial charge in [-0.15, -0.1) is 0 Å². The first kappa shape index (κ1) is 14.9. The van der Waals surface area contributed by atoms with Crippen LogP contribution in [-0.2, 0) is 14.3 Å². The number of rotatable bonds is 9. The highest BCUT2D eigenvalue weighted by molar-refractivity contribution is 5.69. The number of carboxylic acid groups (broad SMARTS) is 1. The summed E-state index contributed by atoms with van der Waals surface area (Å²) in [6.45, 7) is 4.64. The predicted molar refractivity (Wildman–Crippen MR) is 61.1 cm³/mol. The SMILES string of the molecule is CCCC(C)COC(=O)CCCCC(=O)O. The van der Waals surface area contributed by atoms with Gasteiger partial charge in [-0.05, 0) is 25.2 Å². The summed E-state index contributed by atoms with van der Waals surface area (Å²) in [4.78, 5) is 21.4. The highest BCUT2D eigenvalue weighted by atomic mass is 16.5. The zero-order valence-corrected chi connectivity index (χ0v) is 10.2. The fourth-order valence-electron chi connectivity index (χ4n) is 1.43. The molecule has 0 aromatic rings. The van der Waals surface area contributed by atoms with Gasteiger partial charge in [0, 0.05) is 12.8 Å². The van der Waals surface area contributed by atoms with Crippen molar-refractivity contribution in [1.29, 1.82) is 0 Å². The molecule has 0 aromatic heterocycles. The number of carboxylic acids is 1. The van der Waals surface area contributed by atoms with Gasteiger partial charge >= 0.3 is 11.9 Å². The molecule has 0 saturated carbocycles. The van der Waals surface area contributed by atoms with Crippen LogP contribution in [0.15, 0.2) is 0 Å². The first-order chi connectivity index (χ1) is 7.56. The topological polar surface area (TPSA) is 63.6 Å². The number of ether oxygens (including phenoxy) is 1. The van der Waals surface area contributed by atoms with Crippen LogP contribution in [0.5, 0.6) is 0 Å². The Hall–Kier alpha value is -1.06. The maximum absolute atomic E-state index is 11.2. The Kier molecular flexibility index (Phi) is 8.58. The van der Waals surface area contributed by atoms with Crippen molar-refractivity contribution in [2.75, 3.05) is 6.61 Å². The lowest BCUT2D eigenvalue weighted by molar-refractivity contribution is -0.145. The summed E-state index contributed by atoms with van der Waals surface area (Å²) in [6, 6.07) is 0. The Bertz CT molecular complexity index is 213. The molecule has 1 atom stereocenters. The highest BCUT2D eigenvalue weighted by Crippen LogP contribution is 2.07. The molecule has 0 saturated heterocycles. The molecular formula is C12H22O4. The van der Waals surface area contributed by atoms with Crippen LogP contribution in [0, 0.1) is 5.92 Å². The van der Waals surface area contributed by atoms with Crippen LogP contribution >= 0.6 is 0 Å². The van der Waals surface area contributed by atoms with Crippen LogP contribution in [0.2, 0.25) is 0 Å². The largest absolute Gasteiger partial charge is 0.481 e. The predicted octanol–water partition coefficient (Wildman–Crippen LogP) is 2.61. The van der Waals surface area contributed by atoms with Gasteiger partial charge in [0.15, 0.2) is 0 Å². The second-order valence-electron chi connectivity index (χ2n) is 4.18. The lowest BCUT2D eigenvalue weighted by Gasteiger charge is -2.10. The first-order valence-electron chi connectivity index (χ1n) is 5.93. The lowest BCUT2D eigenvalue weighted by atomic mass is 10.1. The summed E-state index contributed by atoms with van der Waals surface area (Å²) in [7, 11) is 0. The molecule has 0 bridgehead atoms. The third-order valence-corrected chi connectivity index (χ3v) is 2.33. The number of esters is 1. The number of aliphatic carboxylic acids is 1. The molecule has 0 aliphatic rings. The summed E-state index contributed by atoms with van der Waals surface area (Å²) in [5.41, 5.74) is 0. The van der Waals surface area contributed by atoms with Crippen LogP contribution in [0.1, 0.15) is 52.4 Å². The standard InChI is InChI=1S/C12H22O4/c1-3-6-10(2)9-16-12(15)8-5-4-7-11(13)14/h10H,3-9H2,1-2H3,(H,13,14). The zero-order chi connectivity index (χ0) is 12.4. The molecule has 0 heterocycles. The molecule has 0 radical (unpaired) electrons. The molecular weight excluding hydrogens is 208 g/mol. The van der Waals surface area contributed by atoms with Gasteiger partial charge in [0.2, 0.25) is 0 Å². The van der Waals surface area contributed by atoms with E-state index in [1.54, 1.807) is 0 Å². The summed E-state index contributed by atoms with van der Waals surface area (Å²) in [6.07, 6.45) is 3.73. The maximum Gasteiger partial charge on any atom is 0.305 e. The average Bonchev–Trinajstić information content (AvgIpc) is 2.22. The molecule has 0 spiro atoms. The van der Waals surface area contributed by atoms with Crippen LogP contribution < -0.4 is 0 Å². The quantitative estimate of drug-likeness (QED) is 0.488. The van der Waals surface area contributed by atoms with Crippen molar-refractivity contribution in [1.82, 2.24) is 0 Å². The molecule has 1 unspecified atom stereocenters. The number of carbonyl (C=O) groups is 2. The van der Waals surface area contributed by atoms with Gasteiger partial charge in [0.1, 0.15) is 0 Å². The van der Waals surface area contributed by atoms with Crippen molar-refractivity contribution >= 4 is 11.9 Å². The van der Waals surface area contributed by atoms with Gasteiger partial charge in [-0.1, -0.05) is 20.3 Å². The minimum Gasteiger partial charge on any atom is -0.481 e. The van der Waals surface area contributed by atoms with E-state index in [-0.39, 0.29) is 12.4 Å². The number of hydrogen-bond donors (Lipinski definition) is 1. The minimum absolute atomic E-state index is 0.125. The van der Waals surface area contributed by atoms with Crippen LogP contribution in [0.25, 0.3) is 0 Å². The molecule has 4 nitrogen and oxygen atoms in total. The molecule has 4 heteroatoms. The Labute approximate surface area is 97.0 Å². The smallest absolute Gasteiger partial charge is 0.305 e. The lowest BCUT2D eigenvalue weighted by Crippen LogP contribution is -2.11. The van der Waals surface area contributed by atoms with E-state index in [1.165, 1.54) is 0 Å². The Morgan fingerprint density at radius 2 is 1.88 bits per heavy atom. The van der Waals surface area contributed by atoms with Crippen LogP contribution in [0.4, 0.5) is 0 Å². The normalized spacial score (nSPS) is 12.1. The fourth-order valence-corrected chi connectivity index (χ4v) is 1.43. The van der Waals surface area contributed by atoms with Crippen molar-refractivity contribution in [3.63, 3.8) is 0 Å². The zero-order valence-electron chi connectivity index (χ0n) is 10.2. The first-order valence-corrected chi connectivity index (χ1v) is 5.93. The van der Waals surface area contributed by atoms with E-state index in [1.807, 2.05) is 0 Å². The summed E-state index contributed by atoms with van der Waals surface area (Å²) < 4.78 is 5.08. The van der Waals surface area contributed by atoms with E-state index in [0.29, 0.717) is 31.8 Å². The maximum atomic E-state index is 11.2. The van der Waals surface area contributed by atoms with E-state index in [0.717, 1.165) is 12.8 Å². The van der Waals surface area contributed by atoms with Crippen LogP contribution in [0.3, 0.4) is 0 Å². The van der Waals surface area contributed by atoms with E-state index in [9.17, 15) is 9.59 Å². The number of carbonyl (C=O) groups excluding carboxylic acids is 1. The average molecular weight is 230 g/mol. The molecule has 0 aliphatic heterocycles. The molecule has 0 amide bonds. The number of hydrogen-bond acceptors (Lipinski definition) is 3.